The predicted octanol–water partition coefficient (Wildman–Crippen LogP) is 2.64. The Kier molecular flexibility index (Phi) is 10.2. The van der Waals surface area contributed by atoms with Crippen molar-refractivity contribution in [3.05, 3.63) is 61.7 Å². The molecule has 6 aromatic rings. The van der Waals surface area contributed by atoms with Gasteiger partial charge in [-0.25, -0.2) is 56.7 Å². The monoisotopic (exact) mass is 748 g/mol. The Labute approximate surface area is 301 Å². The average molecular weight is 749 g/mol. The Hall–Kier alpha value is -5.50. The number of sulfone groups is 2. The Morgan fingerprint density at radius 2 is 1.02 bits per heavy atom. The molecule has 6 aromatic heterocycles. The molecule has 274 valence electrons. The summed E-state index contributed by atoms with van der Waals surface area (Å²) < 4.78 is 54.0. The fraction of sp³-hybridized carbons (Fsp3) is 0.375. The number of hydrogen-bond donors (Lipinski definition) is 2. The lowest BCUT2D eigenvalue weighted by atomic mass is 10.3. The molecular formula is C32H40N14O4S2. The van der Waals surface area contributed by atoms with E-state index in [0.717, 1.165) is 12.5 Å². The highest BCUT2D eigenvalue weighted by Gasteiger charge is 2.28. The second-order valence-electron chi connectivity index (χ2n) is 12.8. The van der Waals surface area contributed by atoms with Gasteiger partial charge in [0, 0.05) is 61.8 Å². The molecule has 6 heterocycles. The number of anilines is 4. The van der Waals surface area contributed by atoms with Gasteiger partial charge in [0.15, 0.2) is 22.9 Å². The van der Waals surface area contributed by atoms with Crippen LogP contribution in [-0.4, -0.2) is 115 Å². The predicted molar refractivity (Wildman–Crippen MR) is 200 cm³/mol. The molecular weight excluding hydrogens is 709 g/mol. The van der Waals surface area contributed by atoms with Crippen molar-refractivity contribution in [3.63, 3.8) is 0 Å². The van der Waals surface area contributed by atoms with Gasteiger partial charge in [0.25, 0.3) is 0 Å². The standard InChI is InChI=1S/C32H40N14O4S2/c1-21(2)39-31-35-9-7-23(41-31)25-19-37-27-29(33-11-13-43(25)27)45(15-17-51(5,47)48)46(16-18-52(6,49)50)30-28-38-20-26(44(28)14-12-34-30)24-8-10-36-32(42-24)40-22(3)4/h7-14,19-22H,15-18H2,1-6H3,(H,35,39,41)(H,36,40,42). The van der Waals surface area contributed by atoms with E-state index in [0.29, 0.717) is 46.0 Å². The van der Waals surface area contributed by atoms with E-state index < -0.39 is 19.7 Å². The van der Waals surface area contributed by atoms with Crippen molar-refractivity contribution in [2.75, 3.05) is 57.8 Å². The quantitative estimate of drug-likeness (QED) is 0.145. The van der Waals surface area contributed by atoms with Crippen LogP contribution in [0.2, 0.25) is 0 Å². The Morgan fingerprint density at radius 3 is 1.38 bits per heavy atom. The zero-order chi connectivity index (χ0) is 37.2. The SMILES string of the molecule is CC(C)Nc1nccc(-c2cnc3c(N(CCS(C)(=O)=O)N(CCS(C)(=O)=O)c4nccn5c(-c6ccnc(NC(C)C)n6)cnc45)nccn23)n1. The minimum absolute atomic E-state index is 0.110. The van der Waals surface area contributed by atoms with Gasteiger partial charge >= 0.3 is 0 Å². The summed E-state index contributed by atoms with van der Waals surface area (Å²) in [5.74, 6) is 0.846. The first-order chi connectivity index (χ1) is 24.7. The van der Waals surface area contributed by atoms with Gasteiger partial charge in [-0.3, -0.25) is 18.8 Å². The van der Waals surface area contributed by atoms with Crippen LogP contribution in [-0.2, 0) is 19.7 Å². The van der Waals surface area contributed by atoms with E-state index in [9.17, 15) is 16.8 Å². The highest BCUT2D eigenvalue weighted by Crippen LogP contribution is 2.30. The summed E-state index contributed by atoms with van der Waals surface area (Å²) in [6.07, 6.45) is 15.4. The molecule has 0 radical (unpaired) electrons. The number of rotatable bonds is 15. The fourth-order valence-corrected chi connectivity index (χ4v) is 6.41. The summed E-state index contributed by atoms with van der Waals surface area (Å²) in [7, 11) is -7.01. The van der Waals surface area contributed by atoms with Crippen molar-refractivity contribution in [2.24, 2.45) is 0 Å². The number of hydrazine groups is 1. The maximum absolute atomic E-state index is 12.6. The van der Waals surface area contributed by atoms with E-state index in [1.807, 2.05) is 27.7 Å². The van der Waals surface area contributed by atoms with Crippen molar-refractivity contribution in [1.29, 1.82) is 0 Å². The summed E-state index contributed by atoms with van der Waals surface area (Å²) in [4.78, 5) is 36.7. The molecule has 0 saturated heterocycles. The number of aromatic nitrogens is 10. The molecule has 0 aliphatic rings. The van der Waals surface area contributed by atoms with Gasteiger partial charge in [-0.1, -0.05) is 0 Å². The van der Waals surface area contributed by atoms with E-state index in [4.69, 9.17) is 9.97 Å². The highest BCUT2D eigenvalue weighted by molar-refractivity contribution is 7.90. The number of imidazole rings is 2. The number of hydrogen-bond acceptors (Lipinski definition) is 16. The number of nitrogens with zero attached hydrogens (tertiary/aromatic N) is 12. The lowest BCUT2D eigenvalue weighted by Gasteiger charge is -2.36. The third-order valence-corrected chi connectivity index (χ3v) is 9.47. The third kappa shape index (κ3) is 8.34. The van der Waals surface area contributed by atoms with Gasteiger partial charge in [0.05, 0.1) is 59.8 Å². The van der Waals surface area contributed by atoms with Crippen molar-refractivity contribution >= 4 is 54.5 Å². The van der Waals surface area contributed by atoms with Crippen molar-refractivity contribution < 1.29 is 16.8 Å². The molecule has 0 spiro atoms. The van der Waals surface area contributed by atoms with Gasteiger partial charge in [-0.05, 0) is 39.8 Å². The van der Waals surface area contributed by atoms with Gasteiger partial charge in [0.2, 0.25) is 11.9 Å². The fourth-order valence-electron chi connectivity index (χ4n) is 5.40. The summed E-state index contributed by atoms with van der Waals surface area (Å²) in [6.45, 7) is 7.72. The minimum atomic E-state index is -3.51. The van der Waals surface area contributed by atoms with E-state index in [1.165, 1.54) is 0 Å². The number of nitrogens with one attached hydrogen (secondary N) is 2. The van der Waals surface area contributed by atoms with Crippen LogP contribution in [0, 0.1) is 0 Å². The summed E-state index contributed by atoms with van der Waals surface area (Å²) in [5.41, 5.74) is 3.18. The first-order valence-electron chi connectivity index (χ1n) is 16.4. The molecule has 2 N–H and O–H groups in total. The van der Waals surface area contributed by atoms with Crippen LogP contribution in [0.1, 0.15) is 27.7 Å². The van der Waals surface area contributed by atoms with Gasteiger partial charge in [0.1, 0.15) is 19.7 Å². The average Bonchev–Trinajstić information content (AvgIpc) is 3.70. The molecule has 0 unspecified atom stereocenters. The normalized spacial score (nSPS) is 12.2. The smallest absolute Gasteiger partial charge is 0.223 e. The Morgan fingerprint density at radius 1 is 0.615 bits per heavy atom. The van der Waals surface area contributed by atoms with Crippen LogP contribution in [0.3, 0.4) is 0 Å². The third-order valence-electron chi connectivity index (χ3n) is 7.62. The molecule has 0 aromatic carbocycles. The highest BCUT2D eigenvalue weighted by atomic mass is 32.2. The summed E-state index contributed by atoms with van der Waals surface area (Å²) in [6, 6.07) is 3.74. The van der Waals surface area contributed by atoms with Crippen molar-refractivity contribution in [2.45, 2.75) is 39.8 Å². The Bertz CT molecular complexity index is 2260. The maximum atomic E-state index is 12.6. The van der Waals surface area contributed by atoms with Crippen LogP contribution in [0.5, 0.6) is 0 Å². The van der Waals surface area contributed by atoms with Gasteiger partial charge in [-0.2, -0.15) is 0 Å². The van der Waals surface area contributed by atoms with Crippen molar-refractivity contribution in [1.82, 2.24) is 48.7 Å². The second kappa shape index (κ2) is 14.6. The summed E-state index contributed by atoms with van der Waals surface area (Å²) in [5, 5.41) is 9.59. The van der Waals surface area contributed by atoms with Crippen LogP contribution < -0.4 is 20.7 Å². The zero-order valence-corrected chi connectivity index (χ0v) is 31.2. The number of fused-ring (bicyclic) bond motifs is 2. The molecule has 0 aliphatic heterocycles. The van der Waals surface area contributed by atoms with E-state index in [2.05, 4.69) is 40.5 Å². The molecule has 0 atom stereocenters. The van der Waals surface area contributed by atoms with Crippen LogP contribution in [0.15, 0.2) is 61.7 Å². The van der Waals surface area contributed by atoms with Gasteiger partial charge in [-0.15, -0.1) is 0 Å². The van der Waals surface area contributed by atoms with Gasteiger partial charge < -0.3 is 10.6 Å². The molecule has 0 aliphatic carbocycles. The molecule has 20 heteroatoms. The minimum Gasteiger partial charge on any atom is -0.352 e. The Balaban J connectivity index is 1.51. The van der Waals surface area contributed by atoms with E-state index in [-0.39, 0.29) is 48.3 Å². The van der Waals surface area contributed by atoms with Crippen LogP contribution >= 0.6 is 0 Å². The molecule has 6 rings (SSSR count). The zero-order valence-electron chi connectivity index (χ0n) is 29.6. The van der Waals surface area contributed by atoms with Crippen molar-refractivity contribution in [3.8, 4) is 22.8 Å². The van der Waals surface area contributed by atoms with Crippen LogP contribution in [0.4, 0.5) is 23.5 Å². The summed E-state index contributed by atoms with van der Waals surface area (Å²) >= 11 is 0. The molecule has 52 heavy (non-hydrogen) atoms. The van der Waals surface area contributed by atoms with E-state index in [1.54, 1.807) is 80.5 Å². The lowest BCUT2D eigenvalue weighted by Crippen LogP contribution is -2.48. The second-order valence-corrected chi connectivity index (χ2v) is 17.3. The molecule has 0 saturated carbocycles. The first kappa shape index (κ1) is 36.3. The van der Waals surface area contributed by atoms with Crippen LogP contribution in [0.25, 0.3) is 34.1 Å². The molecule has 0 fully saturated rings. The molecule has 0 amide bonds. The lowest BCUT2D eigenvalue weighted by molar-refractivity contribution is 0.593. The maximum Gasteiger partial charge on any atom is 0.223 e. The molecule has 18 nitrogen and oxygen atoms in total. The topological polar surface area (TPSA) is 211 Å². The molecule has 0 bridgehead atoms. The first-order valence-corrected chi connectivity index (χ1v) is 20.5. The van der Waals surface area contributed by atoms with E-state index >= 15 is 0 Å². The largest absolute Gasteiger partial charge is 0.352 e.